The van der Waals surface area contributed by atoms with Gasteiger partial charge in [0.25, 0.3) is 0 Å². The van der Waals surface area contributed by atoms with Crippen molar-refractivity contribution < 1.29 is 8.42 Å². The Kier molecular flexibility index (Phi) is 7.72. The number of amidine groups is 1. The van der Waals surface area contributed by atoms with Gasteiger partial charge < -0.3 is 10.6 Å². The fourth-order valence-corrected chi connectivity index (χ4v) is 6.93. The molecule has 2 heterocycles. The topological polar surface area (TPSA) is 73.8 Å². The molecule has 1 saturated carbocycles. The van der Waals surface area contributed by atoms with E-state index in [4.69, 9.17) is 4.99 Å². The van der Waals surface area contributed by atoms with E-state index >= 15 is 0 Å². The minimum absolute atomic E-state index is 0. The first-order valence-electron chi connectivity index (χ1n) is 11.5. The molecule has 1 aromatic carbocycles. The van der Waals surface area contributed by atoms with Gasteiger partial charge in [-0.2, -0.15) is 4.31 Å². The largest absolute Gasteiger partial charge is 0.370 e. The summed E-state index contributed by atoms with van der Waals surface area (Å²) in [5, 5.41) is 7.45. The van der Waals surface area contributed by atoms with Crippen LogP contribution in [0, 0.1) is 20.8 Å². The van der Waals surface area contributed by atoms with Crippen molar-refractivity contribution in [3.05, 3.63) is 28.8 Å². The van der Waals surface area contributed by atoms with Crippen LogP contribution in [0.25, 0.3) is 0 Å². The fourth-order valence-electron chi connectivity index (χ4n) is 5.19. The molecular weight excluding hydrogens is 432 g/mol. The Morgan fingerprint density at radius 1 is 1.03 bits per heavy atom. The SMILES string of the molecule is Cc1cc(C)c(S(=O)(=O)N2CCC3(CC2)NCCN=C3NC2CCCCC2)cc1C.Cl. The Morgan fingerprint density at radius 3 is 2.35 bits per heavy atom. The number of hydrogen-bond acceptors (Lipinski definition) is 5. The highest BCUT2D eigenvalue weighted by Crippen LogP contribution is 2.31. The second-order valence-electron chi connectivity index (χ2n) is 9.32. The van der Waals surface area contributed by atoms with Gasteiger partial charge >= 0.3 is 0 Å². The molecule has 2 fully saturated rings. The average Bonchev–Trinajstić information content (AvgIpc) is 2.73. The molecule has 0 atom stereocenters. The lowest BCUT2D eigenvalue weighted by Crippen LogP contribution is -2.65. The van der Waals surface area contributed by atoms with Crippen LogP contribution in [-0.4, -0.2) is 56.3 Å². The molecule has 6 nitrogen and oxygen atoms in total. The molecule has 8 heteroatoms. The zero-order chi connectivity index (χ0) is 21.4. The number of hydrogen-bond donors (Lipinski definition) is 2. The number of rotatable bonds is 3. The van der Waals surface area contributed by atoms with Crippen molar-refractivity contribution in [1.82, 2.24) is 14.9 Å². The molecule has 2 aliphatic heterocycles. The van der Waals surface area contributed by atoms with Crippen LogP contribution in [0.4, 0.5) is 0 Å². The van der Waals surface area contributed by atoms with Crippen molar-refractivity contribution in [2.45, 2.75) is 82.2 Å². The van der Waals surface area contributed by atoms with Crippen molar-refractivity contribution in [2.75, 3.05) is 26.2 Å². The number of benzene rings is 1. The Morgan fingerprint density at radius 2 is 1.68 bits per heavy atom. The molecule has 1 spiro atoms. The van der Waals surface area contributed by atoms with Crippen LogP contribution in [0.1, 0.15) is 61.6 Å². The molecule has 4 rings (SSSR count). The number of sulfonamides is 1. The third-order valence-corrected chi connectivity index (χ3v) is 9.27. The molecule has 31 heavy (non-hydrogen) atoms. The fraction of sp³-hybridized carbons (Fsp3) is 0.696. The molecule has 1 aliphatic carbocycles. The lowest BCUT2D eigenvalue weighted by molar-refractivity contribution is 0.238. The second kappa shape index (κ2) is 9.77. The van der Waals surface area contributed by atoms with E-state index in [2.05, 4.69) is 10.6 Å². The Hall–Kier alpha value is -1.15. The number of nitrogens with zero attached hydrogens (tertiary/aromatic N) is 2. The van der Waals surface area contributed by atoms with E-state index in [0.29, 0.717) is 24.0 Å². The first-order valence-corrected chi connectivity index (χ1v) is 12.9. The molecule has 174 valence electrons. The van der Waals surface area contributed by atoms with Crippen molar-refractivity contribution in [3.8, 4) is 0 Å². The summed E-state index contributed by atoms with van der Waals surface area (Å²) in [6, 6.07) is 4.32. The maximum atomic E-state index is 13.4. The van der Waals surface area contributed by atoms with E-state index in [1.54, 1.807) is 4.31 Å². The number of piperidine rings is 1. The summed E-state index contributed by atoms with van der Waals surface area (Å²) in [5.74, 6) is 1.07. The molecule has 3 aliphatic rings. The lowest BCUT2D eigenvalue weighted by atomic mass is 9.84. The Bertz CT molecular complexity index is 918. The molecule has 2 N–H and O–H groups in total. The van der Waals surface area contributed by atoms with Gasteiger partial charge in [-0.15, -0.1) is 12.4 Å². The van der Waals surface area contributed by atoms with Crippen LogP contribution < -0.4 is 10.6 Å². The van der Waals surface area contributed by atoms with Crippen molar-refractivity contribution in [1.29, 1.82) is 0 Å². The summed E-state index contributed by atoms with van der Waals surface area (Å²) < 4.78 is 28.5. The quantitative estimate of drug-likeness (QED) is 0.712. The van der Waals surface area contributed by atoms with E-state index in [1.807, 2.05) is 32.9 Å². The highest BCUT2D eigenvalue weighted by atomic mass is 35.5. The van der Waals surface area contributed by atoms with Crippen LogP contribution in [0.2, 0.25) is 0 Å². The highest BCUT2D eigenvalue weighted by Gasteiger charge is 2.43. The zero-order valence-corrected chi connectivity index (χ0v) is 20.7. The van der Waals surface area contributed by atoms with Gasteiger partial charge in [-0.1, -0.05) is 25.3 Å². The predicted octanol–water partition coefficient (Wildman–Crippen LogP) is 3.48. The first kappa shape index (κ1) is 24.5. The van der Waals surface area contributed by atoms with Crippen molar-refractivity contribution in [2.24, 2.45) is 4.99 Å². The van der Waals surface area contributed by atoms with Crippen LogP contribution in [0.5, 0.6) is 0 Å². The van der Waals surface area contributed by atoms with E-state index in [-0.39, 0.29) is 17.9 Å². The van der Waals surface area contributed by atoms with Crippen LogP contribution >= 0.6 is 12.4 Å². The number of nitrogens with one attached hydrogen (secondary N) is 2. The first-order chi connectivity index (χ1) is 14.3. The van der Waals surface area contributed by atoms with E-state index in [1.165, 1.54) is 32.1 Å². The van der Waals surface area contributed by atoms with Crippen LogP contribution in [0.3, 0.4) is 0 Å². The maximum absolute atomic E-state index is 13.4. The van der Waals surface area contributed by atoms with E-state index < -0.39 is 10.0 Å². The standard InChI is InChI=1S/C23H36N4O2S.ClH/c1-17-15-19(3)21(16-18(17)2)30(28,29)27-13-9-23(10-14-27)22(24-11-12-25-23)26-20-7-5-4-6-8-20;/h15-16,20,25H,4-14H2,1-3H3,(H,24,26);1H. The van der Waals surface area contributed by atoms with E-state index in [9.17, 15) is 8.42 Å². The number of halogens is 1. The zero-order valence-electron chi connectivity index (χ0n) is 19.0. The third-order valence-electron chi connectivity index (χ3n) is 7.23. The van der Waals surface area contributed by atoms with Crippen LogP contribution in [0.15, 0.2) is 22.0 Å². The number of aryl methyl sites for hydroxylation is 3. The molecule has 0 radical (unpaired) electrons. The molecule has 0 amide bonds. The Labute approximate surface area is 193 Å². The average molecular weight is 469 g/mol. The Balaban J connectivity index is 0.00000272. The molecule has 0 bridgehead atoms. The maximum Gasteiger partial charge on any atom is 0.243 e. The van der Waals surface area contributed by atoms with Crippen molar-refractivity contribution >= 4 is 28.3 Å². The summed E-state index contributed by atoms with van der Waals surface area (Å²) in [5.41, 5.74) is 2.77. The van der Waals surface area contributed by atoms with E-state index in [0.717, 1.165) is 48.5 Å². The van der Waals surface area contributed by atoms with Gasteiger partial charge in [0.2, 0.25) is 10.0 Å². The van der Waals surface area contributed by atoms with Crippen molar-refractivity contribution in [3.63, 3.8) is 0 Å². The van der Waals surface area contributed by atoms with Gasteiger partial charge in [-0.25, -0.2) is 8.42 Å². The molecular formula is C23H37ClN4O2S. The molecule has 1 aromatic rings. The van der Waals surface area contributed by atoms with Gasteiger partial charge in [0.1, 0.15) is 5.84 Å². The van der Waals surface area contributed by atoms with Gasteiger partial charge in [0.05, 0.1) is 17.0 Å². The van der Waals surface area contributed by atoms with Gasteiger partial charge in [0.15, 0.2) is 0 Å². The third kappa shape index (κ3) is 4.95. The molecule has 0 aromatic heterocycles. The highest BCUT2D eigenvalue weighted by molar-refractivity contribution is 7.89. The predicted molar refractivity (Wildman–Crippen MR) is 129 cm³/mol. The van der Waals surface area contributed by atoms with Gasteiger partial charge in [-0.3, -0.25) is 4.99 Å². The summed E-state index contributed by atoms with van der Waals surface area (Å²) in [4.78, 5) is 5.31. The smallest absolute Gasteiger partial charge is 0.243 e. The molecule has 1 saturated heterocycles. The number of aliphatic imine (C=N–C) groups is 1. The summed E-state index contributed by atoms with van der Waals surface area (Å²) >= 11 is 0. The van der Waals surface area contributed by atoms with Crippen LogP contribution in [-0.2, 0) is 10.0 Å². The monoisotopic (exact) mass is 468 g/mol. The lowest BCUT2D eigenvalue weighted by Gasteiger charge is -2.45. The summed E-state index contributed by atoms with van der Waals surface area (Å²) in [7, 11) is -3.49. The summed E-state index contributed by atoms with van der Waals surface area (Å²) in [6.45, 7) is 8.59. The minimum Gasteiger partial charge on any atom is -0.370 e. The molecule has 0 unspecified atom stereocenters. The van der Waals surface area contributed by atoms with Gasteiger partial charge in [0, 0.05) is 25.7 Å². The van der Waals surface area contributed by atoms with Gasteiger partial charge in [-0.05, 0) is 69.2 Å². The normalized spacial score (nSPS) is 22.6. The second-order valence-corrected chi connectivity index (χ2v) is 11.2. The minimum atomic E-state index is -3.49. The summed E-state index contributed by atoms with van der Waals surface area (Å²) in [6.07, 6.45) is 7.84.